The fourth-order valence-corrected chi connectivity index (χ4v) is 3.56. The number of thioether (sulfide) groups is 1. The first-order valence-electron chi connectivity index (χ1n) is 8.94. The van der Waals surface area contributed by atoms with Crippen molar-refractivity contribution in [2.75, 3.05) is 5.32 Å². The SMILES string of the molecule is CC(Sc1nnc(-c2c[nH]c3ccccc23)o1)C(=O)Nc1ccnn1C(C)C. The van der Waals surface area contributed by atoms with E-state index in [9.17, 15) is 4.79 Å². The Kier molecular flexibility index (Phi) is 4.91. The number of carbonyl (C=O) groups excluding carboxylic acids is 1. The van der Waals surface area contributed by atoms with Gasteiger partial charge in [0.2, 0.25) is 5.91 Å². The first-order chi connectivity index (χ1) is 13.5. The summed E-state index contributed by atoms with van der Waals surface area (Å²) in [6.07, 6.45) is 3.51. The minimum Gasteiger partial charge on any atom is -0.411 e. The molecule has 0 spiro atoms. The second-order valence-electron chi connectivity index (χ2n) is 6.63. The van der Waals surface area contributed by atoms with Crippen LogP contribution in [0.25, 0.3) is 22.4 Å². The molecule has 0 radical (unpaired) electrons. The van der Waals surface area contributed by atoms with Gasteiger partial charge in [-0.15, -0.1) is 10.2 Å². The molecule has 0 aliphatic heterocycles. The lowest BCUT2D eigenvalue weighted by Gasteiger charge is -2.13. The van der Waals surface area contributed by atoms with Gasteiger partial charge in [0.25, 0.3) is 11.1 Å². The normalized spacial score (nSPS) is 12.6. The number of rotatable bonds is 6. The molecule has 4 aromatic rings. The summed E-state index contributed by atoms with van der Waals surface area (Å²) in [6, 6.07) is 9.83. The van der Waals surface area contributed by atoms with Gasteiger partial charge >= 0.3 is 0 Å². The number of hydrogen-bond acceptors (Lipinski definition) is 6. The number of fused-ring (bicyclic) bond motifs is 1. The van der Waals surface area contributed by atoms with Gasteiger partial charge in [0.1, 0.15) is 5.82 Å². The lowest BCUT2D eigenvalue weighted by molar-refractivity contribution is -0.115. The maximum atomic E-state index is 12.5. The molecular formula is C19H20N6O2S. The largest absolute Gasteiger partial charge is 0.411 e. The van der Waals surface area contributed by atoms with Gasteiger partial charge < -0.3 is 14.7 Å². The molecule has 0 saturated carbocycles. The van der Waals surface area contributed by atoms with E-state index in [0.717, 1.165) is 16.5 Å². The number of anilines is 1. The minimum absolute atomic E-state index is 0.153. The van der Waals surface area contributed by atoms with Crippen LogP contribution >= 0.6 is 11.8 Å². The molecule has 8 nitrogen and oxygen atoms in total. The summed E-state index contributed by atoms with van der Waals surface area (Å²) >= 11 is 1.22. The Morgan fingerprint density at radius 1 is 1.21 bits per heavy atom. The zero-order valence-electron chi connectivity index (χ0n) is 15.7. The summed E-state index contributed by atoms with van der Waals surface area (Å²) in [6.45, 7) is 5.81. The second-order valence-corrected chi connectivity index (χ2v) is 7.92. The second kappa shape index (κ2) is 7.51. The van der Waals surface area contributed by atoms with Crippen molar-refractivity contribution >= 4 is 34.4 Å². The molecule has 3 heterocycles. The minimum atomic E-state index is -0.410. The van der Waals surface area contributed by atoms with E-state index in [1.807, 2.05) is 44.3 Å². The lowest BCUT2D eigenvalue weighted by Crippen LogP contribution is -2.24. The Morgan fingerprint density at radius 2 is 2.04 bits per heavy atom. The Morgan fingerprint density at radius 3 is 2.86 bits per heavy atom. The molecule has 0 bridgehead atoms. The number of nitrogens with one attached hydrogen (secondary N) is 2. The summed E-state index contributed by atoms with van der Waals surface area (Å²) in [5.41, 5.74) is 1.84. The van der Waals surface area contributed by atoms with Gasteiger partial charge in [-0.05, 0) is 26.8 Å². The molecule has 0 fully saturated rings. The summed E-state index contributed by atoms with van der Waals surface area (Å²) in [5, 5.41) is 16.3. The van der Waals surface area contributed by atoms with Crippen LogP contribution in [0.4, 0.5) is 5.82 Å². The number of aromatic amines is 1. The van der Waals surface area contributed by atoms with Crippen LogP contribution in [0.15, 0.2) is 52.4 Å². The van der Waals surface area contributed by atoms with E-state index in [1.54, 1.807) is 23.9 Å². The van der Waals surface area contributed by atoms with E-state index in [1.165, 1.54) is 11.8 Å². The molecule has 1 aromatic carbocycles. The molecule has 3 aromatic heterocycles. The number of hydrogen-bond donors (Lipinski definition) is 2. The molecule has 0 aliphatic rings. The average molecular weight is 396 g/mol. The first-order valence-corrected chi connectivity index (χ1v) is 9.82. The highest BCUT2D eigenvalue weighted by Crippen LogP contribution is 2.31. The van der Waals surface area contributed by atoms with Gasteiger partial charge in [0.15, 0.2) is 0 Å². The number of carbonyl (C=O) groups is 1. The lowest BCUT2D eigenvalue weighted by atomic mass is 10.2. The van der Waals surface area contributed by atoms with Crippen molar-refractivity contribution in [1.29, 1.82) is 0 Å². The zero-order chi connectivity index (χ0) is 19.7. The van der Waals surface area contributed by atoms with E-state index in [-0.39, 0.29) is 11.9 Å². The molecule has 1 amide bonds. The summed E-state index contributed by atoms with van der Waals surface area (Å²) in [5.74, 6) is 0.933. The number of benzene rings is 1. The Labute approximate surface area is 165 Å². The topological polar surface area (TPSA) is 102 Å². The third kappa shape index (κ3) is 3.53. The van der Waals surface area contributed by atoms with Gasteiger partial charge in [-0.2, -0.15) is 5.10 Å². The number of nitrogens with zero attached hydrogens (tertiary/aromatic N) is 4. The third-order valence-corrected chi connectivity index (χ3v) is 5.22. The van der Waals surface area contributed by atoms with Crippen molar-refractivity contribution in [1.82, 2.24) is 25.0 Å². The van der Waals surface area contributed by atoms with Crippen molar-refractivity contribution in [2.45, 2.75) is 37.3 Å². The Hall–Kier alpha value is -3.07. The summed E-state index contributed by atoms with van der Waals surface area (Å²) in [7, 11) is 0. The van der Waals surface area contributed by atoms with Gasteiger partial charge in [0.05, 0.1) is 17.0 Å². The highest BCUT2D eigenvalue weighted by molar-refractivity contribution is 8.00. The van der Waals surface area contributed by atoms with Crippen LogP contribution in [-0.4, -0.2) is 36.1 Å². The molecule has 2 N–H and O–H groups in total. The van der Waals surface area contributed by atoms with E-state index in [4.69, 9.17) is 4.42 Å². The molecule has 1 atom stereocenters. The molecule has 1 unspecified atom stereocenters. The number of aromatic nitrogens is 5. The maximum Gasteiger partial charge on any atom is 0.277 e. The smallest absolute Gasteiger partial charge is 0.277 e. The Bertz CT molecular complexity index is 1110. The van der Waals surface area contributed by atoms with Crippen LogP contribution < -0.4 is 5.32 Å². The van der Waals surface area contributed by atoms with Crippen molar-refractivity contribution in [3.8, 4) is 11.5 Å². The van der Waals surface area contributed by atoms with Crippen molar-refractivity contribution < 1.29 is 9.21 Å². The first kappa shape index (κ1) is 18.3. The Balaban J connectivity index is 1.46. The van der Waals surface area contributed by atoms with E-state index >= 15 is 0 Å². The van der Waals surface area contributed by atoms with Crippen LogP contribution in [0.1, 0.15) is 26.8 Å². The average Bonchev–Trinajstić information content (AvgIpc) is 3.40. The molecule has 0 aliphatic carbocycles. The van der Waals surface area contributed by atoms with E-state index in [0.29, 0.717) is 16.9 Å². The quantitative estimate of drug-likeness (QED) is 0.476. The molecular weight excluding hydrogens is 376 g/mol. The van der Waals surface area contributed by atoms with Gasteiger partial charge in [-0.25, -0.2) is 4.68 Å². The van der Waals surface area contributed by atoms with Gasteiger partial charge in [-0.3, -0.25) is 4.79 Å². The standard InChI is InChI=1S/C19H20N6O2S/c1-11(2)25-16(8-9-21-25)22-17(26)12(3)28-19-24-23-18(27-19)14-10-20-15-7-5-4-6-13(14)15/h4-12,20H,1-3H3,(H,22,26). The van der Waals surface area contributed by atoms with Gasteiger partial charge in [-0.1, -0.05) is 30.0 Å². The fourth-order valence-electron chi connectivity index (χ4n) is 2.87. The van der Waals surface area contributed by atoms with Crippen LogP contribution in [0.2, 0.25) is 0 Å². The van der Waals surface area contributed by atoms with E-state index in [2.05, 4.69) is 25.6 Å². The van der Waals surface area contributed by atoms with Gasteiger partial charge in [0, 0.05) is 29.2 Å². The van der Waals surface area contributed by atoms with Crippen LogP contribution in [0.5, 0.6) is 0 Å². The fraction of sp³-hybridized carbons (Fsp3) is 0.263. The predicted octanol–water partition coefficient (Wildman–Crippen LogP) is 4.11. The van der Waals surface area contributed by atoms with Crippen LogP contribution in [-0.2, 0) is 4.79 Å². The van der Waals surface area contributed by atoms with Crippen molar-refractivity contribution in [2.24, 2.45) is 0 Å². The molecule has 0 saturated heterocycles. The number of para-hydroxylation sites is 1. The summed E-state index contributed by atoms with van der Waals surface area (Å²) < 4.78 is 7.54. The van der Waals surface area contributed by atoms with Crippen LogP contribution in [0.3, 0.4) is 0 Å². The number of amides is 1. The molecule has 9 heteroatoms. The molecule has 4 rings (SSSR count). The van der Waals surface area contributed by atoms with Crippen LogP contribution in [0, 0.1) is 0 Å². The highest BCUT2D eigenvalue weighted by Gasteiger charge is 2.21. The predicted molar refractivity (Wildman–Crippen MR) is 108 cm³/mol. The molecule has 28 heavy (non-hydrogen) atoms. The van der Waals surface area contributed by atoms with E-state index < -0.39 is 5.25 Å². The van der Waals surface area contributed by atoms with Crippen molar-refractivity contribution in [3.63, 3.8) is 0 Å². The maximum absolute atomic E-state index is 12.5. The zero-order valence-corrected chi connectivity index (χ0v) is 16.5. The third-order valence-electron chi connectivity index (χ3n) is 4.28. The van der Waals surface area contributed by atoms with Crippen molar-refractivity contribution in [3.05, 3.63) is 42.7 Å². The number of H-pyrrole nitrogens is 1. The molecule has 144 valence electrons. The highest BCUT2D eigenvalue weighted by atomic mass is 32.2. The monoisotopic (exact) mass is 396 g/mol. The summed E-state index contributed by atoms with van der Waals surface area (Å²) in [4.78, 5) is 15.7.